The highest BCUT2D eigenvalue weighted by Crippen LogP contribution is 2.29. The van der Waals surface area contributed by atoms with Gasteiger partial charge < -0.3 is 9.64 Å². The van der Waals surface area contributed by atoms with Crippen LogP contribution in [0, 0.1) is 0 Å². The number of hydrogen-bond donors (Lipinski definition) is 0. The number of aromatic nitrogens is 3. The molecule has 1 fully saturated rings. The first-order valence-electron chi connectivity index (χ1n) is 9.91. The fraction of sp³-hybridized carbons (Fsp3) is 0.318. The number of nitrogens with zero attached hydrogens (tertiary/aromatic N) is 4. The maximum absolute atomic E-state index is 12.5. The van der Waals surface area contributed by atoms with Crippen LogP contribution in [0.4, 0.5) is 0 Å². The molecule has 2 aromatic carbocycles. The van der Waals surface area contributed by atoms with Crippen LogP contribution >= 0.6 is 11.8 Å². The van der Waals surface area contributed by atoms with Gasteiger partial charge in [-0.3, -0.25) is 9.36 Å². The molecule has 3 aromatic rings. The third-order valence-corrected chi connectivity index (χ3v) is 5.77. The minimum Gasteiger partial charge on any atom is -0.494 e. The van der Waals surface area contributed by atoms with Crippen molar-refractivity contribution in [2.45, 2.75) is 24.9 Å². The molecule has 0 N–H and O–H groups in total. The van der Waals surface area contributed by atoms with Crippen LogP contribution in [0.5, 0.6) is 5.75 Å². The summed E-state index contributed by atoms with van der Waals surface area (Å²) in [6.07, 6.45) is 2.19. The molecule has 2 heterocycles. The summed E-state index contributed by atoms with van der Waals surface area (Å²) >= 11 is 1.43. The minimum absolute atomic E-state index is 0.162. The van der Waals surface area contributed by atoms with Crippen molar-refractivity contribution in [3.05, 3.63) is 54.6 Å². The van der Waals surface area contributed by atoms with Gasteiger partial charge in [-0.2, -0.15) is 0 Å². The monoisotopic (exact) mass is 408 g/mol. The third kappa shape index (κ3) is 4.45. The normalized spacial score (nSPS) is 13.6. The largest absolute Gasteiger partial charge is 0.494 e. The molecule has 7 heteroatoms. The molecule has 0 spiro atoms. The standard InChI is InChI=1S/C22H24N4O2S/c1-2-28-19-12-10-18(11-13-19)26-21(17-8-4-3-5-9-17)23-24-22(26)29-16-20(27)25-14-6-7-15-25/h3-5,8-13H,2,6-7,14-16H2,1H3. The zero-order valence-electron chi connectivity index (χ0n) is 16.5. The highest BCUT2D eigenvalue weighted by atomic mass is 32.2. The lowest BCUT2D eigenvalue weighted by Gasteiger charge is -2.15. The highest BCUT2D eigenvalue weighted by molar-refractivity contribution is 7.99. The van der Waals surface area contributed by atoms with Crippen molar-refractivity contribution in [3.8, 4) is 22.8 Å². The predicted molar refractivity (Wildman–Crippen MR) is 115 cm³/mol. The summed E-state index contributed by atoms with van der Waals surface area (Å²) in [6, 6.07) is 17.8. The van der Waals surface area contributed by atoms with E-state index >= 15 is 0 Å². The Morgan fingerprint density at radius 2 is 1.76 bits per heavy atom. The Morgan fingerprint density at radius 3 is 2.45 bits per heavy atom. The molecule has 0 unspecified atom stereocenters. The second-order valence-electron chi connectivity index (χ2n) is 6.81. The van der Waals surface area contributed by atoms with Gasteiger partial charge in [-0.15, -0.1) is 10.2 Å². The Kier molecular flexibility index (Phi) is 6.14. The van der Waals surface area contributed by atoms with Crippen LogP contribution in [0.15, 0.2) is 59.8 Å². The van der Waals surface area contributed by atoms with Gasteiger partial charge in [0.2, 0.25) is 5.91 Å². The Hall–Kier alpha value is -2.80. The molecular formula is C22H24N4O2S. The van der Waals surface area contributed by atoms with Gasteiger partial charge in [-0.1, -0.05) is 42.1 Å². The lowest BCUT2D eigenvalue weighted by Crippen LogP contribution is -2.29. The average Bonchev–Trinajstić information content (AvgIpc) is 3.44. The number of hydrogen-bond acceptors (Lipinski definition) is 5. The first-order chi connectivity index (χ1) is 14.3. The number of carbonyl (C=O) groups is 1. The molecule has 1 aliphatic heterocycles. The van der Waals surface area contributed by atoms with Gasteiger partial charge in [0.25, 0.3) is 0 Å². The van der Waals surface area contributed by atoms with Crippen LogP contribution in [0.25, 0.3) is 17.1 Å². The fourth-order valence-corrected chi connectivity index (χ4v) is 4.27. The Balaban J connectivity index is 1.64. The summed E-state index contributed by atoms with van der Waals surface area (Å²) in [5.74, 6) is 2.11. The Labute approximate surface area is 174 Å². The molecule has 1 aliphatic rings. The van der Waals surface area contributed by atoms with Crippen molar-refractivity contribution in [2.75, 3.05) is 25.4 Å². The molecule has 150 valence electrons. The van der Waals surface area contributed by atoms with Crippen LogP contribution in [-0.4, -0.2) is 51.0 Å². The van der Waals surface area contributed by atoms with E-state index in [1.807, 2.05) is 71.0 Å². The molecule has 1 aromatic heterocycles. The number of likely N-dealkylation sites (tertiary alicyclic amines) is 1. The minimum atomic E-state index is 0.162. The number of benzene rings is 2. The summed E-state index contributed by atoms with van der Waals surface area (Å²) < 4.78 is 7.57. The van der Waals surface area contributed by atoms with Crippen molar-refractivity contribution in [1.82, 2.24) is 19.7 Å². The molecule has 0 aliphatic carbocycles. The van der Waals surface area contributed by atoms with E-state index < -0.39 is 0 Å². The van der Waals surface area contributed by atoms with Gasteiger partial charge in [0.15, 0.2) is 11.0 Å². The van der Waals surface area contributed by atoms with Gasteiger partial charge in [0, 0.05) is 24.3 Å². The van der Waals surface area contributed by atoms with E-state index in [0.29, 0.717) is 17.5 Å². The number of thioether (sulfide) groups is 1. The van der Waals surface area contributed by atoms with Crippen molar-refractivity contribution >= 4 is 17.7 Å². The smallest absolute Gasteiger partial charge is 0.233 e. The van der Waals surface area contributed by atoms with E-state index in [1.165, 1.54) is 11.8 Å². The molecule has 0 saturated carbocycles. The second-order valence-corrected chi connectivity index (χ2v) is 7.75. The summed E-state index contributed by atoms with van der Waals surface area (Å²) in [5, 5.41) is 9.54. The maximum atomic E-state index is 12.5. The molecule has 1 amide bonds. The molecular weight excluding hydrogens is 384 g/mol. The predicted octanol–water partition coefficient (Wildman–Crippen LogP) is 4.05. The summed E-state index contributed by atoms with van der Waals surface area (Å²) in [5.41, 5.74) is 1.92. The molecule has 29 heavy (non-hydrogen) atoms. The molecule has 0 radical (unpaired) electrons. The van der Waals surface area contributed by atoms with Gasteiger partial charge in [0.05, 0.1) is 12.4 Å². The van der Waals surface area contributed by atoms with Gasteiger partial charge >= 0.3 is 0 Å². The number of rotatable bonds is 7. The van der Waals surface area contributed by atoms with Crippen LogP contribution in [0.1, 0.15) is 19.8 Å². The summed E-state index contributed by atoms with van der Waals surface area (Å²) in [7, 11) is 0. The van der Waals surface area contributed by atoms with Crippen molar-refractivity contribution < 1.29 is 9.53 Å². The first-order valence-corrected chi connectivity index (χ1v) is 10.9. The van der Waals surface area contributed by atoms with Crippen molar-refractivity contribution in [3.63, 3.8) is 0 Å². The zero-order valence-corrected chi connectivity index (χ0v) is 17.3. The zero-order chi connectivity index (χ0) is 20.1. The molecule has 6 nitrogen and oxygen atoms in total. The quantitative estimate of drug-likeness (QED) is 0.552. The van der Waals surface area contributed by atoms with Crippen LogP contribution in [0.3, 0.4) is 0 Å². The van der Waals surface area contributed by atoms with E-state index in [4.69, 9.17) is 4.74 Å². The molecule has 0 atom stereocenters. The van der Waals surface area contributed by atoms with E-state index in [1.54, 1.807) is 0 Å². The Bertz CT molecular complexity index is 951. The average molecular weight is 409 g/mol. The summed E-state index contributed by atoms with van der Waals surface area (Å²) in [4.78, 5) is 14.4. The molecule has 1 saturated heterocycles. The number of amides is 1. The lowest BCUT2D eigenvalue weighted by molar-refractivity contribution is -0.127. The topological polar surface area (TPSA) is 60.2 Å². The van der Waals surface area contributed by atoms with E-state index in [0.717, 1.165) is 48.8 Å². The van der Waals surface area contributed by atoms with E-state index in [-0.39, 0.29) is 5.91 Å². The molecule has 0 bridgehead atoms. The summed E-state index contributed by atoms with van der Waals surface area (Å²) in [6.45, 7) is 4.31. The van der Waals surface area contributed by atoms with Gasteiger partial charge in [0.1, 0.15) is 5.75 Å². The van der Waals surface area contributed by atoms with Gasteiger partial charge in [-0.25, -0.2) is 0 Å². The highest BCUT2D eigenvalue weighted by Gasteiger charge is 2.21. The SMILES string of the molecule is CCOc1ccc(-n2c(SCC(=O)N3CCCC3)nnc2-c2ccccc2)cc1. The second kappa shape index (κ2) is 9.13. The van der Waals surface area contributed by atoms with Crippen LogP contribution < -0.4 is 4.74 Å². The number of ether oxygens (including phenoxy) is 1. The van der Waals surface area contributed by atoms with E-state index in [2.05, 4.69) is 10.2 Å². The van der Waals surface area contributed by atoms with Crippen molar-refractivity contribution in [1.29, 1.82) is 0 Å². The van der Waals surface area contributed by atoms with Gasteiger partial charge in [-0.05, 0) is 44.0 Å². The fourth-order valence-electron chi connectivity index (χ4n) is 3.41. The number of carbonyl (C=O) groups excluding carboxylic acids is 1. The Morgan fingerprint density at radius 1 is 1.03 bits per heavy atom. The van der Waals surface area contributed by atoms with Crippen molar-refractivity contribution in [2.24, 2.45) is 0 Å². The van der Waals surface area contributed by atoms with E-state index in [9.17, 15) is 4.79 Å². The maximum Gasteiger partial charge on any atom is 0.233 e. The van der Waals surface area contributed by atoms with Crippen LogP contribution in [-0.2, 0) is 4.79 Å². The molecule has 4 rings (SSSR count). The lowest BCUT2D eigenvalue weighted by atomic mass is 10.2. The first kappa shape index (κ1) is 19.5. The third-order valence-electron chi connectivity index (χ3n) is 4.85. The van der Waals surface area contributed by atoms with Crippen LogP contribution in [0.2, 0.25) is 0 Å².